The molecule has 5 rings (SSSR count). The molecule has 4 aliphatic heterocycles. The van der Waals surface area contributed by atoms with E-state index < -0.39 is 97.6 Å². The number of imide groups is 1. The topological polar surface area (TPSA) is 202 Å². The summed E-state index contributed by atoms with van der Waals surface area (Å²) >= 11 is 1.03. The van der Waals surface area contributed by atoms with Crippen molar-refractivity contribution in [3.63, 3.8) is 0 Å². The number of benzene rings is 1. The van der Waals surface area contributed by atoms with Gasteiger partial charge in [0, 0.05) is 25.7 Å². The number of amides is 2. The van der Waals surface area contributed by atoms with Crippen molar-refractivity contribution >= 4 is 49.8 Å². The summed E-state index contributed by atoms with van der Waals surface area (Å²) < 4.78 is 42.6. The Labute approximate surface area is 294 Å². The summed E-state index contributed by atoms with van der Waals surface area (Å²) in [4.78, 5) is 69.2. The summed E-state index contributed by atoms with van der Waals surface area (Å²) in [7, 11) is -2.60. The van der Waals surface area contributed by atoms with Gasteiger partial charge in [-0.25, -0.2) is 0 Å². The van der Waals surface area contributed by atoms with Crippen LogP contribution in [0.5, 0.6) is 0 Å². The minimum absolute atomic E-state index is 0.0551. The molecule has 10 atom stereocenters. The van der Waals surface area contributed by atoms with Crippen molar-refractivity contribution in [2.75, 3.05) is 13.2 Å². The van der Waals surface area contributed by atoms with E-state index >= 15 is 0 Å². The Morgan fingerprint density at radius 2 is 1.58 bits per heavy atom. The number of fused-ring (bicyclic) bond motifs is 3. The summed E-state index contributed by atoms with van der Waals surface area (Å²) in [6.07, 6.45) is -6.27. The first-order valence-electron chi connectivity index (χ1n) is 16.2. The van der Waals surface area contributed by atoms with Crippen LogP contribution in [0.15, 0.2) is 29.4 Å². The number of carbonyl (C=O) groups excluding carboxylic acids is 5. The summed E-state index contributed by atoms with van der Waals surface area (Å²) in [5.74, 6) is -3.50. The van der Waals surface area contributed by atoms with Crippen molar-refractivity contribution in [1.82, 2.24) is 4.90 Å². The third kappa shape index (κ3) is 7.42. The minimum atomic E-state index is -2.60. The largest absolute Gasteiger partial charge is 0.465 e. The second-order valence-corrected chi connectivity index (χ2v) is 20.1. The molecule has 4 heterocycles. The zero-order chi connectivity index (χ0) is 36.7. The van der Waals surface area contributed by atoms with Crippen LogP contribution in [0.4, 0.5) is 0 Å². The van der Waals surface area contributed by atoms with E-state index in [9.17, 15) is 29.5 Å². The maximum atomic E-state index is 14.0. The molecule has 2 amide bonds. The molecule has 4 aliphatic rings. The minimum Gasteiger partial charge on any atom is -0.465 e. The number of carbonyl (C=O) groups is 5. The van der Waals surface area contributed by atoms with E-state index in [1.54, 1.807) is 12.1 Å². The molecule has 272 valence electrons. The van der Waals surface area contributed by atoms with E-state index in [2.05, 4.69) is 30.8 Å². The standard InChI is InChI=1S/C32H42N4O12SSi/c1-15(37)42-14-21-25(44-16(2)38)27(45-17(3)39)23(36-28(40)18-11-9-10-12-19(18)29(36)41)31(49-21)47-24-20-13-43-30(46-20)22(34-35-33)26(24)48-50(7,8)32(4,5)6/h9-12,20-27,30-31H,13-14H2,1-8H3/t20-,21-,22-,23-,24-,25-,26-,27-,30-,31?/m1/s1. The van der Waals surface area contributed by atoms with Gasteiger partial charge in [0.15, 0.2) is 26.8 Å². The predicted molar refractivity (Wildman–Crippen MR) is 178 cm³/mol. The van der Waals surface area contributed by atoms with E-state index in [0.717, 1.165) is 30.5 Å². The first kappa shape index (κ1) is 37.7. The van der Waals surface area contributed by atoms with Gasteiger partial charge in [0.25, 0.3) is 11.8 Å². The molecule has 0 saturated carbocycles. The second-order valence-electron chi connectivity index (χ2n) is 14.0. The smallest absolute Gasteiger partial charge is 0.303 e. The zero-order valence-corrected chi connectivity index (χ0v) is 30.9. The van der Waals surface area contributed by atoms with E-state index in [4.69, 9.17) is 32.8 Å². The lowest BCUT2D eigenvalue weighted by atomic mass is 9.97. The number of thioether (sulfide) groups is 1. The molecule has 2 bridgehead atoms. The van der Waals surface area contributed by atoms with Gasteiger partial charge in [-0.1, -0.05) is 38.0 Å². The fourth-order valence-electron chi connectivity index (χ4n) is 6.25. The lowest BCUT2D eigenvalue weighted by molar-refractivity contribution is -0.205. The average Bonchev–Trinajstić information content (AvgIpc) is 3.56. The molecule has 0 N–H and O–H groups in total. The van der Waals surface area contributed by atoms with Crippen LogP contribution in [0.1, 0.15) is 62.3 Å². The Kier molecular flexibility index (Phi) is 11.0. The molecule has 3 saturated heterocycles. The molecule has 0 spiro atoms. The van der Waals surface area contributed by atoms with Gasteiger partial charge in [0.2, 0.25) is 0 Å². The average molecular weight is 735 g/mol. The van der Waals surface area contributed by atoms with Crippen LogP contribution in [-0.2, 0) is 47.2 Å². The first-order chi connectivity index (χ1) is 23.4. The number of azide groups is 1. The van der Waals surface area contributed by atoms with Gasteiger partial charge in [0.1, 0.15) is 36.3 Å². The number of rotatable bonds is 10. The molecule has 0 aromatic heterocycles. The van der Waals surface area contributed by atoms with Gasteiger partial charge in [-0.15, -0.1) is 11.8 Å². The first-order valence-corrected chi connectivity index (χ1v) is 20.0. The van der Waals surface area contributed by atoms with Crippen LogP contribution in [0.3, 0.4) is 0 Å². The molecule has 18 heteroatoms. The Balaban J connectivity index is 1.64. The van der Waals surface area contributed by atoms with E-state index in [0.29, 0.717) is 0 Å². The van der Waals surface area contributed by atoms with Crippen molar-refractivity contribution in [3.8, 4) is 0 Å². The van der Waals surface area contributed by atoms with Crippen LogP contribution in [0.2, 0.25) is 18.1 Å². The summed E-state index contributed by atoms with van der Waals surface area (Å²) in [5.41, 5.74) is 8.61. The van der Waals surface area contributed by atoms with E-state index in [-0.39, 0.29) is 29.4 Å². The van der Waals surface area contributed by atoms with Gasteiger partial charge >= 0.3 is 17.9 Å². The Morgan fingerprint density at radius 1 is 0.980 bits per heavy atom. The quantitative estimate of drug-likeness (QED) is 0.0641. The van der Waals surface area contributed by atoms with Gasteiger partial charge in [-0.3, -0.25) is 28.9 Å². The van der Waals surface area contributed by atoms with Crippen molar-refractivity contribution in [2.45, 2.75) is 119 Å². The lowest BCUT2D eigenvalue weighted by Crippen LogP contribution is -2.67. The molecule has 1 unspecified atom stereocenters. The molecule has 1 aromatic rings. The fraction of sp³-hybridized carbons (Fsp3) is 0.656. The molecular formula is C32H42N4O12SSi. The van der Waals surface area contributed by atoms with Crippen LogP contribution < -0.4 is 0 Å². The number of nitrogens with zero attached hydrogens (tertiary/aromatic N) is 4. The highest BCUT2D eigenvalue weighted by atomic mass is 32.2. The molecular weight excluding hydrogens is 693 g/mol. The number of ether oxygens (including phenoxy) is 6. The third-order valence-corrected chi connectivity index (χ3v) is 15.4. The van der Waals surface area contributed by atoms with Gasteiger partial charge in [-0.2, -0.15) is 0 Å². The SMILES string of the molecule is CC(=O)OC[C@H]1SC(O[C@H]2[C@H](O[Si](C)(C)C(C)(C)C)[C@@H](N=[N+]=[N-])[C@@H]3OC[C@H]2O3)[C@H](N2C(=O)c3ccccc3C2=O)[C@@H](OC(C)=O)[C@@H]1OC(C)=O. The normalized spacial score (nSPS) is 32.2. The highest BCUT2D eigenvalue weighted by Crippen LogP contribution is 2.46. The molecule has 16 nitrogen and oxygen atoms in total. The molecule has 50 heavy (non-hydrogen) atoms. The van der Waals surface area contributed by atoms with Crippen LogP contribution in [0.25, 0.3) is 10.4 Å². The molecule has 3 fully saturated rings. The van der Waals surface area contributed by atoms with Gasteiger partial charge in [0.05, 0.1) is 29.1 Å². The van der Waals surface area contributed by atoms with Gasteiger partial charge in [-0.05, 0) is 35.8 Å². The third-order valence-electron chi connectivity index (χ3n) is 9.55. The summed E-state index contributed by atoms with van der Waals surface area (Å²) in [6, 6.07) is 3.90. The highest BCUT2D eigenvalue weighted by molar-refractivity contribution is 8.00. The Bertz CT molecular complexity index is 1550. The van der Waals surface area contributed by atoms with Crippen molar-refractivity contribution in [1.29, 1.82) is 0 Å². The van der Waals surface area contributed by atoms with E-state index in [1.807, 2.05) is 13.1 Å². The van der Waals surface area contributed by atoms with E-state index in [1.165, 1.54) is 19.1 Å². The maximum Gasteiger partial charge on any atom is 0.303 e. The van der Waals surface area contributed by atoms with Gasteiger partial charge < -0.3 is 32.8 Å². The van der Waals surface area contributed by atoms with Crippen molar-refractivity contribution in [3.05, 3.63) is 45.8 Å². The molecule has 1 aromatic carbocycles. The van der Waals surface area contributed by atoms with Crippen LogP contribution >= 0.6 is 11.8 Å². The monoisotopic (exact) mass is 734 g/mol. The Morgan fingerprint density at radius 3 is 2.12 bits per heavy atom. The zero-order valence-electron chi connectivity index (χ0n) is 29.1. The number of hydrogen-bond acceptors (Lipinski definition) is 14. The van der Waals surface area contributed by atoms with Crippen LogP contribution in [-0.4, -0.2) is 116 Å². The summed E-state index contributed by atoms with van der Waals surface area (Å²) in [6.45, 7) is 13.5. The lowest BCUT2D eigenvalue weighted by Gasteiger charge is -2.50. The second kappa shape index (κ2) is 14.6. The molecule has 0 radical (unpaired) electrons. The van der Waals surface area contributed by atoms with Crippen molar-refractivity contribution in [2.24, 2.45) is 5.11 Å². The predicted octanol–water partition coefficient (Wildman–Crippen LogP) is 3.73. The molecule has 0 aliphatic carbocycles. The van der Waals surface area contributed by atoms with Crippen molar-refractivity contribution < 1.29 is 56.8 Å². The summed E-state index contributed by atoms with van der Waals surface area (Å²) in [5, 5.41) is 2.83. The fourth-order valence-corrected chi connectivity index (χ4v) is 9.05. The van der Waals surface area contributed by atoms with Crippen LogP contribution in [0, 0.1) is 0 Å². The highest BCUT2D eigenvalue weighted by Gasteiger charge is 2.60. The Hall–Kier alpha value is -3.51. The number of esters is 3. The maximum absolute atomic E-state index is 14.0. The number of hydrogen-bond donors (Lipinski definition) is 0.